The molecule has 0 N–H and O–H groups in total. The Hall–Kier alpha value is -4.03. The normalized spacial score (nSPS) is 11.6. The van der Waals surface area contributed by atoms with E-state index < -0.39 is 16.3 Å². The molecule has 9 heteroatoms. The molecule has 8 nitrogen and oxygen atoms in total. The lowest BCUT2D eigenvalue weighted by Crippen LogP contribution is -2.19. The predicted octanol–water partition coefficient (Wildman–Crippen LogP) is 3.09. The van der Waals surface area contributed by atoms with E-state index in [1.165, 1.54) is 12.1 Å². The van der Waals surface area contributed by atoms with Gasteiger partial charge in [-0.15, -0.1) is 6.42 Å². The summed E-state index contributed by atoms with van der Waals surface area (Å²) in [6.07, 6.45) is 6.50. The molecule has 2 aromatic heterocycles. The molecule has 0 spiro atoms. The van der Waals surface area contributed by atoms with Gasteiger partial charge in [-0.25, -0.2) is 0 Å². The Balaban J connectivity index is 1.89. The first-order chi connectivity index (χ1) is 14.0. The fourth-order valence-electron chi connectivity index (χ4n) is 2.88. The van der Waals surface area contributed by atoms with Crippen LogP contribution in [-0.4, -0.2) is 15.4 Å². The number of carbonyl (C=O) groups excluding carboxylic acids is 1. The quantitative estimate of drug-likeness (QED) is 0.296. The highest BCUT2D eigenvalue weighted by Crippen LogP contribution is 2.23. The van der Waals surface area contributed by atoms with Gasteiger partial charge in [-0.1, -0.05) is 29.4 Å². The van der Waals surface area contributed by atoms with Crippen molar-refractivity contribution in [2.45, 2.75) is 6.54 Å². The molecule has 1 amide bonds. The lowest BCUT2D eigenvalue weighted by molar-refractivity contribution is -0.384. The first-order valence-corrected chi connectivity index (χ1v) is 9.12. The molecule has 0 atom stereocenters. The fraction of sp³-hybridized carbons (Fsp3) is 0.0500. The number of terminal acetylenes is 1. The summed E-state index contributed by atoms with van der Waals surface area (Å²) in [4.78, 5) is 40.1. The third kappa shape index (κ3) is 3.22. The van der Waals surface area contributed by atoms with Crippen molar-refractivity contribution < 1.29 is 14.1 Å². The van der Waals surface area contributed by atoms with Crippen molar-refractivity contribution in [2.24, 2.45) is 4.99 Å². The van der Waals surface area contributed by atoms with E-state index in [1.54, 1.807) is 34.9 Å². The van der Waals surface area contributed by atoms with Crippen molar-refractivity contribution in [3.05, 3.63) is 79.4 Å². The zero-order valence-electron chi connectivity index (χ0n) is 14.7. The number of nitro benzene ring substituents is 1. The largest absolute Gasteiger partial charge is 0.463 e. The van der Waals surface area contributed by atoms with Gasteiger partial charge in [0.05, 0.1) is 27.1 Å². The summed E-state index contributed by atoms with van der Waals surface area (Å²) >= 11 is 1.07. The Morgan fingerprint density at radius 3 is 2.86 bits per heavy atom. The van der Waals surface area contributed by atoms with Gasteiger partial charge >= 0.3 is 0 Å². The Morgan fingerprint density at radius 2 is 2.10 bits per heavy atom. The van der Waals surface area contributed by atoms with Crippen LogP contribution < -0.4 is 10.2 Å². The van der Waals surface area contributed by atoms with Gasteiger partial charge in [0.2, 0.25) is 5.43 Å². The number of non-ortho nitro benzene ring substituents is 1. The molecule has 0 saturated carbocycles. The smallest absolute Gasteiger partial charge is 0.286 e. The van der Waals surface area contributed by atoms with Gasteiger partial charge in [-0.3, -0.25) is 19.7 Å². The predicted molar refractivity (Wildman–Crippen MR) is 108 cm³/mol. The minimum atomic E-state index is -0.781. The summed E-state index contributed by atoms with van der Waals surface area (Å²) in [6.45, 7) is 0.107. The Morgan fingerprint density at radius 1 is 1.31 bits per heavy atom. The summed E-state index contributed by atoms with van der Waals surface area (Å²) in [6, 6.07) is 10.9. The molecule has 4 aromatic rings. The number of amides is 1. The van der Waals surface area contributed by atoms with Crippen molar-refractivity contribution in [3.63, 3.8) is 0 Å². The number of benzene rings is 2. The summed E-state index contributed by atoms with van der Waals surface area (Å²) < 4.78 is 7.50. The standard InChI is InChI=1S/C20H11N3O5S/c1-2-9-22-15-8-7-12(23(26)27)10-17(15)29-20(22)21-19(25)14-11-28-16-6-4-3-5-13(16)18(14)24/h1,3-8,10-11H,9H2. The molecular formula is C20H11N3O5S. The number of thiazole rings is 1. The van der Waals surface area contributed by atoms with Crippen molar-refractivity contribution in [1.82, 2.24) is 4.57 Å². The molecule has 0 aliphatic heterocycles. The van der Waals surface area contributed by atoms with E-state index in [0.717, 1.165) is 17.6 Å². The van der Waals surface area contributed by atoms with Crippen LogP contribution in [0.5, 0.6) is 0 Å². The van der Waals surface area contributed by atoms with Gasteiger partial charge in [-0.2, -0.15) is 4.99 Å². The first kappa shape index (κ1) is 18.3. The van der Waals surface area contributed by atoms with Gasteiger partial charge in [0.25, 0.3) is 11.6 Å². The zero-order valence-corrected chi connectivity index (χ0v) is 15.5. The van der Waals surface area contributed by atoms with Gasteiger partial charge in [0.15, 0.2) is 4.80 Å². The van der Waals surface area contributed by atoms with Crippen LogP contribution in [0.25, 0.3) is 21.2 Å². The van der Waals surface area contributed by atoms with Gasteiger partial charge in [-0.05, 0) is 18.2 Å². The molecule has 4 rings (SSSR count). The molecule has 0 unspecified atom stereocenters. The number of fused-ring (bicyclic) bond motifs is 2. The second-order valence-electron chi connectivity index (χ2n) is 5.98. The SMILES string of the molecule is C#CCn1c(=NC(=O)c2coc3ccccc3c2=O)sc2cc([N+](=O)[O-])ccc21. The first-order valence-electron chi connectivity index (χ1n) is 8.30. The summed E-state index contributed by atoms with van der Waals surface area (Å²) in [5.41, 5.74) is 0.196. The minimum Gasteiger partial charge on any atom is -0.463 e. The van der Waals surface area contributed by atoms with E-state index in [-0.39, 0.29) is 28.0 Å². The summed E-state index contributed by atoms with van der Waals surface area (Å²) in [7, 11) is 0. The van der Waals surface area contributed by atoms with Crippen LogP contribution in [0.3, 0.4) is 0 Å². The number of rotatable bonds is 3. The molecule has 2 aromatic carbocycles. The van der Waals surface area contributed by atoms with Crippen molar-refractivity contribution in [2.75, 3.05) is 0 Å². The van der Waals surface area contributed by atoms with E-state index in [1.807, 2.05) is 0 Å². The van der Waals surface area contributed by atoms with Crippen LogP contribution in [0.4, 0.5) is 5.69 Å². The van der Waals surface area contributed by atoms with Crippen molar-refractivity contribution >= 4 is 44.1 Å². The average molecular weight is 405 g/mol. The number of hydrogen-bond donors (Lipinski definition) is 0. The van der Waals surface area contributed by atoms with Gasteiger partial charge in [0.1, 0.15) is 17.4 Å². The Bertz CT molecular complexity index is 1470. The van der Waals surface area contributed by atoms with Crippen LogP contribution in [0.2, 0.25) is 0 Å². The molecule has 2 heterocycles. The van der Waals surface area contributed by atoms with E-state index in [2.05, 4.69) is 10.9 Å². The highest BCUT2D eigenvalue weighted by atomic mass is 32.1. The molecule has 142 valence electrons. The molecular weight excluding hydrogens is 394 g/mol. The molecule has 0 radical (unpaired) electrons. The van der Waals surface area contributed by atoms with Crippen LogP contribution in [0, 0.1) is 22.5 Å². The molecule has 0 fully saturated rings. The van der Waals surface area contributed by atoms with E-state index in [0.29, 0.717) is 15.8 Å². The number of nitro groups is 1. The second kappa shape index (κ2) is 7.18. The van der Waals surface area contributed by atoms with E-state index in [4.69, 9.17) is 10.8 Å². The molecule has 29 heavy (non-hydrogen) atoms. The molecule has 0 aliphatic carbocycles. The number of nitrogens with zero attached hydrogens (tertiary/aromatic N) is 3. The third-order valence-corrected chi connectivity index (χ3v) is 5.28. The summed E-state index contributed by atoms with van der Waals surface area (Å²) in [5.74, 6) is 1.69. The number of hydrogen-bond acceptors (Lipinski definition) is 6. The zero-order chi connectivity index (χ0) is 20.5. The van der Waals surface area contributed by atoms with E-state index >= 15 is 0 Å². The minimum absolute atomic E-state index is 0.0837. The van der Waals surface area contributed by atoms with E-state index in [9.17, 15) is 19.7 Å². The number of aromatic nitrogens is 1. The van der Waals surface area contributed by atoms with Crippen molar-refractivity contribution in [3.8, 4) is 12.3 Å². The van der Waals surface area contributed by atoms with Gasteiger partial charge in [0, 0.05) is 12.1 Å². The topological polar surface area (TPSA) is 108 Å². The third-order valence-electron chi connectivity index (χ3n) is 4.23. The van der Waals surface area contributed by atoms with Crippen LogP contribution in [0.1, 0.15) is 10.4 Å². The Kier molecular flexibility index (Phi) is 4.54. The lowest BCUT2D eigenvalue weighted by atomic mass is 10.2. The number of para-hydroxylation sites is 1. The maximum atomic E-state index is 12.7. The summed E-state index contributed by atoms with van der Waals surface area (Å²) in [5, 5.41) is 11.3. The average Bonchev–Trinajstić information content (AvgIpc) is 3.05. The molecule has 0 bridgehead atoms. The van der Waals surface area contributed by atoms with Gasteiger partial charge < -0.3 is 8.98 Å². The highest BCUT2D eigenvalue weighted by Gasteiger charge is 2.16. The monoisotopic (exact) mass is 405 g/mol. The van der Waals surface area contributed by atoms with Crippen LogP contribution >= 0.6 is 11.3 Å². The fourth-order valence-corrected chi connectivity index (χ4v) is 3.94. The maximum absolute atomic E-state index is 12.7. The van der Waals surface area contributed by atoms with Crippen LogP contribution in [-0.2, 0) is 6.54 Å². The maximum Gasteiger partial charge on any atom is 0.286 e. The number of carbonyl (C=O) groups is 1. The molecule has 0 aliphatic rings. The highest BCUT2D eigenvalue weighted by molar-refractivity contribution is 7.16. The lowest BCUT2D eigenvalue weighted by Gasteiger charge is -2.00. The van der Waals surface area contributed by atoms with Crippen LogP contribution in [0.15, 0.2) is 62.9 Å². The Labute approximate surface area is 166 Å². The second-order valence-corrected chi connectivity index (χ2v) is 6.98. The van der Waals surface area contributed by atoms with Crippen molar-refractivity contribution in [1.29, 1.82) is 0 Å². The molecule has 0 saturated heterocycles.